The SMILES string of the molecule is COc1cc(CCC(=O)O)ccc1OC1O[C@H](C(=O)O)[C@@H](O)[C@H](O)[C@H]1O. The molecule has 144 valence electrons. The smallest absolute Gasteiger partial charge is 0.335 e. The Morgan fingerprint density at radius 2 is 1.77 bits per heavy atom. The van der Waals surface area contributed by atoms with Gasteiger partial charge in [-0.2, -0.15) is 0 Å². The van der Waals surface area contributed by atoms with Gasteiger partial charge in [-0.05, 0) is 24.1 Å². The van der Waals surface area contributed by atoms with Crippen LogP contribution in [0.25, 0.3) is 0 Å². The van der Waals surface area contributed by atoms with Crippen molar-refractivity contribution in [3.05, 3.63) is 23.8 Å². The molecule has 1 unspecified atom stereocenters. The first-order valence-electron chi connectivity index (χ1n) is 7.72. The summed E-state index contributed by atoms with van der Waals surface area (Å²) >= 11 is 0. The summed E-state index contributed by atoms with van der Waals surface area (Å²) < 4.78 is 15.6. The molecule has 1 aliphatic heterocycles. The zero-order valence-corrected chi connectivity index (χ0v) is 13.8. The van der Waals surface area contributed by atoms with E-state index in [0.717, 1.165) is 0 Å². The van der Waals surface area contributed by atoms with Crippen LogP contribution >= 0.6 is 0 Å². The molecule has 10 heteroatoms. The summed E-state index contributed by atoms with van der Waals surface area (Å²) in [4.78, 5) is 21.7. The first-order valence-corrected chi connectivity index (χ1v) is 7.72. The number of hydrogen-bond donors (Lipinski definition) is 5. The molecule has 1 aromatic carbocycles. The number of aliphatic carboxylic acids is 2. The number of carboxylic acid groups (broad SMARTS) is 2. The molecule has 1 fully saturated rings. The Balaban J connectivity index is 2.18. The van der Waals surface area contributed by atoms with Crippen LogP contribution in [0.4, 0.5) is 0 Å². The van der Waals surface area contributed by atoms with Crippen LogP contribution in [0.2, 0.25) is 0 Å². The molecular formula is C16H20O10. The van der Waals surface area contributed by atoms with Gasteiger partial charge in [0.1, 0.15) is 18.3 Å². The lowest BCUT2D eigenvalue weighted by Gasteiger charge is -2.38. The Morgan fingerprint density at radius 3 is 2.35 bits per heavy atom. The Morgan fingerprint density at radius 1 is 1.08 bits per heavy atom. The van der Waals surface area contributed by atoms with Crippen molar-refractivity contribution >= 4 is 11.9 Å². The normalized spacial score (nSPS) is 28.4. The van der Waals surface area contributed by atoms with Gasteiger partial charge in [-0.1, -0.05) is 6.07 Å². The third kappa shape index (κ3) is 4.41. The summed E-state index contributed by atoms with van der Waals surface area (Å²) in [6, 6.07) is 4.56. The van der Waals surface area contributed by atoms with E-state index in [9.17, 15) is 24.9 Å². The maximum atomic E-state index is 11.1. The van der Waals surface area contributed by atoms with Crippen molar-refractivity contribution in [1.82, 2.24) is 0 Å². The molecule has 1 saturated heterocycles. The highest BCUT2D eigenvalue weighted by atomic mass is 16.7. The fourth-order valence-electron chi connectivity index (χ4n) is 2.49. The Hall–Kier alpha value is -2.40. The third-order valence-corrected chi connectivity index (χ3v) is 3.91. The molecule has 0 radical (unpaired) electrons. The topological polar surface area (TPSA) is 163 Å². The molecule has 5 atom stereocenters. The second kappa shape index (κ2) is 8.32. The summed E-state index contributed by atoms with van der Waals surface area (Å²) in [6.07, 6.45) is -8.44. The van der Waals surface area contributed by atoms with Crippen molar-refractivity contribution in [1.29, 1.82) is 0 Å². The lowest BCUT2D eigenvalue weighted by Crippen LogP contribution is -2.61. The van der Waals surface area contributed by atoms with Crippen LogP contribution in [0.1, 0.15) is 12.0 Å². The van der Waals surface area contributed by atoms with E-state index in [2.05, 4.69) is 0 Å². The van der Waals surface area contributed by atoms with Gasteiger partial charge >= 0.3 is 11.9 Å². The molecule has 0 amide bonds. The second-order valence-electron chi connectivity index (χ2n) is 5.73. The van der Waals surface area contributed by atoms with Crippen LogP contribution in [0.5, 0.6) is 11.5 Å². The highest BCUT2D eigenvalue weighted by molar-refractivity contribution is 5.73. The molecule has 1 aromatic rings. The van der Waals surface area contributed by atoms with Crippen molar-refractivity contribution in [2.45, 2.75) is 43.5 Å². The van der Waals surface area contributed by atoms with Crippen LogP contribution in [0.3, 0.4) is 0 Å². The Kier molecular flexibility index (Phi) is 6.37. The molecule has 1 heterocycles. The molecule has 0 bridgehead atoms. The largest absolute Gasteiger partial charge is 0.493 e. The average Bonchev–Trinajstić information content (AvgIpc) is 2.60. The second-order valence-corrected chi connectivity index (χ2v) is 5.73. The number of ether oxygens (including phenoxy) is 3. The monoisotopic (exact) mass is 372 g/mol. The van der Waals surface area contributed by atoms with E-state index in [4.69, 9.17) is 24.4 Å². The Labute approximate surface area is 148 Å². The van der Waals surface area contributed by atoms with Gasteiger partial charge in [-0.3, -0.25) is 4.79 Å². The van der Waals surface area contributed by atoms with Gasteiger partial charge in [0, 0.05) is 6.42 Å². The maximum absolute atomic E-state index is 11.1. The highest BCUT2D eigenvalue weighted by Crippen LogP contribution is 2.32. The fraction of sp³-hybridized carbons (Fsp3) is 0.500. The fourth-order valence-corrected chi connectivity index (χ4v) is 2.49. The lowest BCUT2D eigenvalue weighted by molar-refractivity contribution is -0.271. The number of aryl methyl sites for hydroxylation is 1. The lowest BCUT2D eigenvalue weighted by atomic mass is 9.99. The molecule has 0 aromatic heterocycles. The minimum absolute atomic E-state index is 0.0712. The van der Waals surface area contributed by atoms with Crippen molar-refractivity contribution in [3.8, 4) is 11.5 Å². The van der Waals surface area contributed by atoms with Gasteiger partial charge in [-0.15, -0.1) is 0 Å². The van der Waals surface area contributed by atoms with Gasteiger partial charge in [0.25, 0.3) is 0 Å². The number of aliphatic hydroxyl groups excluding tert-OH is 3. The van der Waals surface area contributed by atoms with Gasteiger partial charge < -0.3 is 39.7 Å². The van der Waals surface area contributed by atoms with Gasteiger partial charge in [0.2, 0.25) is 6.29 Å². The number of aliphatic hydroxyl groups is 3. The summed E-state index contributed by atoms with van der Waals surface area (Å²) in [6.45, 7) is 0. The Bertz CT molecular complexity index is 660. The zero-order valence-electron chi connectivity index (χ0n) is 13.8. The van der Waals surface area contributed by atoms with Crippen LogP contribution in [-0.2, 0) is 20.7 Å². The standard InChI is InChI=1S/C16H20O10/c1-24-9-6-7(3-5-10(17)18)2-4-8(9)25-16-13(21)11(19)12(20)14(26-16)15(22)23/h2,4,6,11-14,16,19-21H,3,5H2,1H3,(H,17,18)(H,22,23)/t11-,12-,13+,14-,16?/m0/s1. The summed E-state index contributed by atoms with van der Waals surface area (Å²) in [7, 11) is 1.35. The quantitative estimate of drug-likeness (QED) is 0.400. The first kappa shape index (κ1) is 19.9. The first-order chi connectivity index (χ1) is 12.2. The molecular weight excluding hydrogens is 352 g/mol. The van der Waals surface area contributed by atoms with E-state index in [-0.39, 0.29) is 24.3 Å². The third-order valence-electron chi connectivity index (χ3n) is 3.91. The number of carboxylic acids is 2. The minimum atomic E-state index is -1.82. The molecule has 0 saturated carbocycles. The van der Waals surface area contributed by atoms with E-state index < -0.39 is 42.6 Å². The van der Waals surface area contributed by atoms with Crippen LogP contribution in [-0.4, -0.2) is 75.3 Å². The predicted molar refractivity (Wildman–Crippen MR) is 83.9 cm³/mol. The summed E-state index contributed by atoms with van der Waals surface area (Å²) in [5.74, 6) is -2.18. The van der Waals surface area contributed by atoms with Gasteiger partial charge in [-0.25, -0.2) is 4.79 Å². The molecule has 5 N–H and O–H groups in total. The van der Waals surface area contributed by atoms with E-state index in [0.29, 0.717) is 5.56 Å². The molecule has 2 rings (SSSR count). The molecule has 10 nitrogen and oxygen atoms in total. The van der Waals surface area contributed by atoms with Crippen LogP contribution in [0, 0.1) is 0 Å². The van der Waals surface area contributed by atoms with Crippen LogP contribution in [0.15, 0.2) is 18.2 Å². The molecule has 1 aliphatic rings. The zero-order chi connectivity index (χ0) is 19.4. The van der Waals surface area contributed by atoms with E-state index >= 15 is 0 Å². The van der Waals surface area contributed by atoms with Crippen LogP contribution < -0.4 is 9.47 Å². The van der Waals surface area contributed by atoms with Crippen molar-refractivity contribution in [2.75, 3.05) is 7.11 Å². The maximum Gasteiger partial charge on any atom is 0.335 e. The summed E-state index contributed by atoms with van der Waals surface area (Å²) in [5.41, 5.74) is 0.667. The van der Waals surface area contributed by atoms with Gasteiger partial charge in [0.15, 0.2) is 17.6 Å². The number of benzene rings is 1. The van der Waals surface area contributed by atoms with E-state index in [1.54, 1.807) is 6.07 Å². The predicted octanol–water partition coefficient (Wildman–Crippen LogP) is -1.02. The van der Waals surface area contributed by atoms with Crippen molar-refractivity contribution < 1.29 is 49.3 Å². The number of hydrogen-bond acceptors (Lipinski definition) is 8. The molecule has 26 heavy (non-hydrogen) atoms. The van der Waals surface area contributed by atoms with E-state index in [1.165, 1.54) is 19.2 Å². The molecule has 0 spiro atoms. The van der Waals surface area contributed by atoms with Crippen molar-refractivity contribution in [3.63, 3.8) is 0 Å². The number of rotatable bonds is 7. The molecule has 0 aliphatic carbocycles. The minimum Gasteiger partial charge on any atom is -0.493 e. The van der Waals surface area contributed by atoms with Gasteiger partial charge in [0.05, 0.1) is 7.11 Å². The summed E-state index contributed by atoms with van der Waals surface area (Å²) in [5, 5.41) is 47.2. The number of carbonyl (C=O) groups is 2. The highest BCUT2D eigenvalue weighted by Gasteiger charge is 2.48. The average molecular weight is 372 g/mol. The van der Waals surface area contributed by atoms with Crippen molar-refractivity contribution in [2.24, 2.45) is 0 Å². The number of methoxy groups -OCH3 is 1. The van der Waals surface area contributed by atoms with E-state index in [1.807, 2.05) is 0 Å².